The number of carbonyl (C=O) groups is 3. The number of hydrogen-bond donors (Lipinski definition) is 1. The highest BCUT2D eigenvalue weighted by Gasteiger charge is 2.30. The summed E-state index contributed by atoms with van der Waals surface area (Å²) in [7, 11) is 1.53. The predicted molar refractivity (Wildman–Crippen MR) is 97.2 cm³/mol. The molecule has 0 spiro atoms. The molecule has 0 unspecified atom stereocenters. The molecule has 0 aliphatic carbocycles. The number of aryl methyl sites for hydroxylation is 1. The van der Waals surface area contributed by atoms with Gasteiger partial charge in [0.2, 0.25) is 11.8 Å². The zero-order valence-electron chi connectivity index (χ0n) is 14.7. The van der Waals surface area contributed by atoms with Gasteiger partial charge >= 0.3 is 0 Å². The van der Waals surface area contributed by atoms with Crippen LogP contribution in [0.5, 0.6) is 5.75 Å². The van der Waals surface area contributed by atoms with Crippen LogP contribution in [0.2, 0.25) is 0 Å². The molecule has 0 saturated carbocycles. The van der Waals surface area contributed by atoms with Crippen molar-refractivity contribution in [1.29, 1.82) is 0 Å². The maximum absolute atomic E-state index is 12.5. The molecule has 6 heteroatoms. The highest BCUT2D eigenvalue weighted by molar-refractivity contribution is 6.10. The minimum absolute atomic E-state index is 0.0245. The summed E-state index contributed by atoms with van der Waals surface area (Å²) in [6.45, 7) is 1.96. The van der Waals surface area contributed by atoms with Crippen molar-refractivity contribution >= 4 is 23.4 Å². The number of methoxy groups -OCH3 is 1. The molecule has 0 atom stereocenters. The van der Waals surface area contributed by atoms with Crippen molar-refractivity contribution in [2.75, 3.05) is 19.0 Å². The van der Waals surface area contributed by atoms with Crippen LogP contribution in [-0.4, -0.2) is 36.3 Å². The molecule has 1 aliphatic heterocycles. The Bertz CT molecular complexity index is 876. The average molecular weight is 352 g/mol. The molecule has 0 fully saturated rings. The standard InChI is InChI=1S/C20H20N2O4/c1-13-7-8-17(26-2)16(11-13)21-18(23)9-10-22-19(24)12-14-5-3-4-6-15(14)20(22)25/h3-8,11H,9-10,12H2,1-2H3,(H,21,23). The highest BCUT2D eigenvalue weighted by atomic mass is 16.5. The molecule has 2 aromatic rings. The SMILES string of the molecule is COc1ccc(C)cc1NC(=O)CCN1C(=O)Cc2ccccc2C1=O. The molecule has 26 heavy (non-hydrogen) atoms. The fourth-order valence-electron chi connectivity index (χ4n) is 2.97. The Kier molecular flexibility index (Phi) is 5.02. The molecule has 134 valence electrons. The van der Waals surface area contributed by atoms with Crippen LogP contribution in [0.4, 0.5) is 5.69 Å². The summed E-state index contributed by atoms with van der Waals surface area (Å²) < 4.78 is 5.24. The van der Waals surface area contributed by atoms with Crippen LogP contribution in [-0.2, 0) is 16.0 Å². The number of hydrogen-bond acceptors (Lipinski definition) is 4. The highest BCUT2D eigenvalue weighted by Crippen LogP contribution is 2.25. The maximum Gasteiger partial charge on any atom is 0.260 e. The minimum Gasteiger partial charge on any atom is -0.495 e. The molecule has 0 aromatic heterocycles. The number of anilines is 1. The second-order valence-electron chi connectivity index (χ2n) is 6.19. The second-order valence-corrected chi connectivity index (χ2v) is 6.19. The molecule has 6 nitrogen and oxygen atoms in total. The molecular formula is C20H20N2O4. The smallest absolute Gasteiger partial charge is 0.260 e. The Labute approximate surface area is 151 Å². The van der Waals surface area contributed by atoms with Crippen molar-refractivity contribution in [1.82, 2.24) is 4.90 Å². The molecule has 3 rings (SSSR count). The van der Waals surface area contributed by atoms with E-state index in [1.54, 1.807) is 30.3 Å². The number of carbonyl (C=O) groups excluding carboxylic acids is 3. The first-order valence-corrected chi connectivity index (χ1v) is 8.36. The molecule has 1 N–H and O–H groups in total. The monoisotopic (exact) mass is 352 g/mol. The third-order valence-electron chi connectivity index (χ3n) is 4.33. The van der Waals surface area contributed by atoms with E-state index in [4.69, 9.17) is 4.74 Å². The van der Waals surface area contributed by atoms with E-state index in [-0.39, 0.29) is 37.1 Å². The molecule has 0 bridgehead atoms. The number of rotatable bonds is 5. The first kappa shape index (κ1) is 17.7. The molecule has 1 aliphatic rings. The number of nitrogens with zero attached hydrogens (tertiary/aromatic N) is 1. The topological polar surface area (TPSA) is 75.7 Å². The van der Waals surface area contributed by atoms with Crippen molar-refractivity contribution in [3.63, 3.8) is 0 Å². The van der Waals surface area contributed by atoms with E-state index in [1.165, 1.54) is 7.11 Å². The number of imide groups is 1. The van der Waals surface area contributed by atoms with Crippen LogP contribution < -0.4 is 10.1 Å². The van der Waals surface area contributed by atoms with Gasteiger partial charge in [-0.25, -0.2) is 0 Å². The van der Waals surface area contributed by atoms with Crippen LogP contribution in [0.3, 0.4) is 0 Å². The largest absolute Gasteiger partial charge is 0.495 e. The Balaban J connectivity index is 1.66. The summed E-state index contributed by atoms with van der Waals surface area (Å²) in [5, 5.41) is 2.78. The lowest BCUT2D eigenvalue weighted by molar-refractivity contribution is -0.128. The normalized spacial score (nSPS) is 13.4. The third kappa shape index (κ3) is 3.59. The Hall–Kier alpha value is -3.15. The third-order valence-corrected chi connectivity index (χ3v) is 4.33. The van der Waals surface area contributed by atoms with Crippen LogP contribution in [0.15, 0.2) is 42.5 Å². The zero-order valence-corrected chi connectivity index (χ0v) is 14.7. The number of amides is 3. The van der Waals surface area contributed by atoms with Gasteiger partial charge in [0.25, 0.3) is 5.91 Å². The second kappa shape index (κ2) is 7.39. The van der Waals surface area contributed by atoms with Crippen molar-refractivity contribution in [3.05, 3.63) is 59.2 Å². The number of benzene rings is 2. The minimum atomic E-state index is -0.349. The zero-order chi connectivity index (χ0) is 18.7. The predicted octanol–water partition coefficient (Wildman–Crippen LogP) is 2.56. The molecule has 1 heterocycles. The maximum atomic E-state index is 12.5. The van der Waals surface area contributed by atoms with Crippen LogP contribution in [0.1, 0.15) is 27.9 Å². The van der Waals surface area contributed by atoms with Crippen LogP contribution in [0.25, 0.3) is 0 Å². The van der Waals surface area contributed by atoms with Crippen molar-refractivity contribution in [2.45, 2.75) is 19.8 Å². The summed E-state index contributed by atoms with van der Waals surface area (Å²) in [5.74, 6) is -0.358. The summed E-state index contributed by atoms with van der Waals surface area (Å²) in [6, 6.07) is 12.5. The van der Waals surface area contributed by atoms with E-state index < -0.39 is 0 Å². The number of nitrogens with one attached hydrogen (secondary N) is 1. The first-order valence-electron chi connectivity index (χ1n) is 8.36. The summed E-state index contributed by atoms with van der Waals surface area (Å²) >= 11 is 0. The summed E-state index contributed by atoms with van der Waals surface area (Å²) in [5.41, 5.74) is 2.80. The van der Waals surface area contributed by atoms with Gasteiger partial charge in [-0.2, -0.15) is 0 Å². The average Bonchev–Trinajstić information content (AvgIpc) is 2.61. The Morgan fingerprint density at radius 2 is 1.96 bits per heavy atom. The van der Waals surface area contributed by atoms with E-state index in [9.17, 15) is 14.4 Å². The van der Waals surface area contributed by atoms with Crippen LogP contribution in [0, 0.1) is 6.92 Å². The Morgan fingerprint density at radius 1 is 1.19 bits per heavy atom. The van der Waals surface area contributed by atoms with E-state index in [1.807, 2.05) is 19.1 Å². The van der Waals surface area contributed by atoms with Gasteiger partial charge in [0.15, 0.2) is 0 Å². The first-order chi connectivity index (χ1) is 12.5. The van der Waals surface area contributed by atoms with Gasteiger partial charge in [-0.05, 0) is 36.2 Å². The Morgan fingerprint density at radius 3 is 2.73 bits per heavy atom. The van der Waals surface area contributed by atoms with Gasteiger partial charge in [0, 0.05) is 18.5 Å². The summed E-state index contributed by atoms with van der Waals surface area (Å²) in [4.78, 5) is 38.2. The molecule has 3 amide bonds. The lowest BCUT2D eigenvalue weighted by Gasteiger charge is -2.26. The molecule has 0 saturated heterocycles. The number of ether oxygens (including phenoxy) is 1. The fourth-order valence-corrected chi connectivity index (χ4v) is 2.97. The van der Waals surface area contributed by atoms with E-state index >= 15 is 0 Å². The summed E-state index contributed by atoms with van der Waals surface area (Å²) in [6.07, 6.45) is 0.200. The van der Waals surface area contributed by atoms with Crippen molar-refractivity contribution in [2.24, 2.45) is 0 Å². The number of fused-ring (bicyclic) bond motifs is 1. The molecule has 0 radical (unpaired) electrons. The van der Waals surface area contributed by atoms with Crippen LogP contribution >= 0.6 is 0 Å². The lowest BCUT2D eigenvalue weighted by Crippen LogP contribution is -2.43. The van der Waals surface area contributed by atoms with Gasteiger partial charge in [-0.3, -0.25) is 19.3 Å². The van der Waals surface area contributed by atoms with E-state index in [0.717, 1.165) is 16.0 Å². The molecular weight excluding hydrogens is 332 g/mol. The van der Waals surface area contributed by atoms with Gasteiger partial charge in [0.1, 0.15) is 5.75 Å². The van der Waals surface area contributed by atoms with Crippen molar-refractivity contribution < 1.29 is 19.1 Å². The van der Waals surface area contributed by atoms with E-state index in [0.29, 0.717) is 17.0 Å². The van der Waals surface area contributed by atoms with E-state index in [2.05, 4.69) is 5.32 Å². The van der Waals surface area contributed by atoms with Crippen molar-refractivity contribution in [3.8, 4) is 5.75 Å². The lowest BCUT2D eigenvalue weighted by atomic mass is 9.98. The fraction of sp³-hybridized carbons (Fsp3) is 0.250. The van der Waals surface area contributed by atoms with Gasteiger partial charge in [0.05, 0.1) is 19.2 Å². The van der Waals surface area contributed by atoms with Gasteiger partial charge < -0.3 is 10.1 Å². The van der Waals surface area contributed by atoms with Gasteiger partial charge in [-0.1, -0.05) is 24.3 Å². The molecule has 2 aromatic carbocycles. The quantitative estimate of drug-likeness (QED) is 0.839. The van der Waals surface area contributed by atoms with Gasteiger partial charge in [-0.15, -0.1) is 0 Å².